The van der Waals surface area contributed by atoms with Crippen LogP contribution in [0.2, 0.25) is 0 Å². The molecule has 0 saturated carbocycles. The summed E-state index contributed by atoms with van der Waals surface area (Å²) < 4.78 is 5.27. The molecule has 1 aromatic carbocycles. The van der Waals surface area contributed by atoms with Crippen molar-refractivity contribution in [3.8, 4) is 0 Å². The van der Waals surface area contributed by atoms with E-state index >= 15 is 0 Å². The van der Waals surface area contributed by atoms with Gasteiger partial charge in [0.2, 0.25) is 0 Å². The van der Waals surface area contributed by atoms with Crippen molar-refractivity contribution in [1.82, 2.24) is 4.90 Å². The predicted octanol–water partition coefficient (Wildman–Crippen LogP) is 2.39. The molecule has 1 aromatic rings. The van der Waals surface area contributed by atoms with Gasteiger partial charge >= 0.3 is 0 Å². The molecule has 3 nitrogen and oxygen atoms in total. The van der Waals surface area contributed by atoms with Crippen LogP contribution in [0.1, 0.15) is 30.9 Å². The Morgan fingerprint density at radius 3 is 2.47 bits per heavy atom. The molecule has 0 radical (unpaired) electrons. The summed E-state index contributed by atoms with van der Waals surface area (Å²) in [7, 11) is 1.75. The SMILES string of the molecule is COCc1ccccc1CN1CCC(C(C)N)CC1. The van der Waals surface area contributed by atoms with Gasteiger partial charge < -0.3 is 10.5 Å². The van der Waals surface area contributed by atoms with Crippen molar-refractivity contribution in [2.75, 3.05) is 20.2 Å². The Hall–Kier alpha value is -0.900. The summed E-state index contributed by atoms with van der Waals surface area (Å²) in [6.07, 6.45) is 2.45. The van der Waals surface area contributed by atoms with Gasteiger partial charge in [-0.15, -0.1) is 0 Å². The Kier molecular flexibility index (Phi) is 5.37. The summed E-state index contributed by atoms with van der Waals surface area (Å²) in [6.45, 7) is 6.19. The number of hydrogen-bond acceptors (Lipinski definition) is 3. The first-order chi connectivity index (χ1) is 9.20. The predicted molar refractivity (Wildman–Crippen MR) is 78.8 cm³/mol. The van der Waals surface area contributed by atoms with Gasteiger partial charge in [0.1, 0.15) is 0 Å². The van der Waals surface area contributed by atoms with Crippen molar-refractivity contribution in [2.45, 2.75) is 39.0 Å². The van der Waals surface area contributed by atoms with E-state index in [1.165, 1.54) is 24.0 Å². The zero-order valence-electron chi connectivity index (χ0n) is 12.1. The van der Waals surface area contributed by atoms with Crippen LogP contribution in [-0.2, 0) is 17.9 Å². The Morgan fingerprint density at radius 1 is 1.26 bits per heavy atom. The molecule has 1 aliphatic heterocycles. The van der Waals surface area contributed by atoms with Crippen LogP contribution in [0.4, 0.5) is 0 Å². The summed E-state index contributed by atoms with van der Waals surface area (Å²) in [5, 5.41) is 0. The Labute approximate surface area is 116 Å². The lowest BCUT2D eigenvalue weighted by molar-refractivity contribution is 0.160. The number of likely N-dealkylation sites (tertiary alicyclic amines) is 1. The summed E-state index contributed by atoms with van der Waals surface area (Å²) in [5.41, 5.74) is 8.69. The highest BCUT2D eigenvalue weighted by Gasteiger charge is 2.22. The summed E-state index contributed by atoms with van der Waals surface area (Å²) >= 11 is 0. The quantitative estimate of drug-likeness (QED) is 0.885. The Morgan fingerprint density at radius 2 is 1.89 bits per heavy atom. The summed E-state index contributed by atoms with van der Waals surface area (Å²) in [4.78, 5) is 2.54. The van der Waals surface area contributed by atoms with Gasteiger partial charge in [0.05, 0.1) is 6.61 Å². The molecule has 2 rings (SSSR count). The van der Waals surface area contributed by atoms with Crippen LogP contribution in [0.25, 0.3) is 0 Å². The van der Waals surface area contributed by atoms with E-state index in [4.69, 9.17) is 10.5 Å². The molecule has 1 aliphatic rings. The highest BCUT2D eigenvalue weighted by Crippen LogP contribution is 2.22. The molecule has 2 N–H and O–H groups in total. The fourth-order valence-corrected chi connectivity index (χ4v) is 2.89. The standard InChI is InChI=1S/C16H26N2O/c1-13(17)14-7-9-18(10-8-14)11-15-5-3-4-6-16(15)12-19-2/h3-6,13-14H,7-12,17H2,1-2H3. The van der Waals surface area contributed by atoms with Gasteiger partial charge in [-0.25, -0.2) is 0 Å². The van der Waals surface area contributed by atoms with E-state index in [1.807, 2.05) is 0 Å². The van der Waals surface area contributed by atoms with E-state index in [1.54, 1.807) is 7.11 Å². The Balaban J connectivity index is 1.92. The number of rotatable bonds is 5. The highest BCUT2D eigenvalue weighted by molar-refractivity contribution is 5.26. The first kappa shape index (κ1) is 14.5. The molecule has 0 spiro atoms. The lowest BCUT2D eigenvalue weighted by atomic mass is 9.90. The average Bonchev–Trinajstić information content (AvgIpc) is 2.42. The molecule has 1 atom stereocenters. The van der Waals surface area contributed by atoms with E-state index < -0.39 is 0 Å². The van der Waals surface area contributed by atoms with Crippen molar-refractivity contribution >= 4 is 0 Å². The fourth-order valence-electron chi connectivity index (χ4n) is 2.89. The van der Waals surface area contributed by atoms with Gasteiger partial charge in [-0.3, -0.25) is 4.90 Å². The number of benzene rings is 1. The van der Waals surface area contributed by atoms with Gasteiger partial charge in [0, 0.05) is 19.7 Å². The third-order valence-electron chi connectivity index (χ3n) is 4.19. The van der Waals surface area contributed by atoms with Gasteiger partial charge in [0.25, 0.3) is 0 Å². The van der Waals surface area contributed by atoms with Gasteiger partial charge in [-0.1, -0.05) is 24.3 Å². The fraction of sp³-hybridized carbons (Fsp3) is 0.625. The van der Waals surface area contributed by atoms with Crippen LogP contribution in [-0.4, -0.2) is 31.1 Å². The van der Waals surface area contributed by atoms with Crippen LogP contribution in [0.5, 0.6) is 0 Å². The molecule has 1 unspecified atom stereocenters. The van der Waals surface area contributed by atoms with Crippen molar-refractivity contribution in [2.24, 2.45) is 11.7 Å². The number of nitrogens with two attached hydrogens (primary N) is 1. The molecule has 0 amide bonds. The summed E-state index contributed by atoms with van der Waals surface area (Å²) in [5.74, 6) is 0.700. The number of hydrogen-bond donors (Lipinski definition) is 1. The maximum absolute atomic E-state index is 5.99. The second-order valence-electron chi connectivity index (χ2n) is 5.67. The maximum Gasteiger partial charge on any atom is 0.0716 e. The third-order valence-corrected chi connectivity index (χ3v) is 4.19. The topological polar surface area (TPSA) is 38.5 Å². The van der Waals surface area contributed by atoms with Gasteiger partial charge in [-0.05, 0) is 49.9 Å². The van der Waals surface area contributed by atoms with Crippen molar-refractivity contribution < 1.29 is 4.74 Å². The van der Waals surface area contributed by atoms with Crippen LogP contribution in [0.3, 0.4) is 0 Å². The molecular weight excluding hydrogens is 236 g/mol. The van der Waals surface area contributed by atoms with Crippen molar-refractivity contribution in [3.63, 3.8) is 0 Å². The molecule has 0 aliphatic carbocycles. The number of nitrogens with zero attached hydrogens (tertiary/aromatic N) is 1. The minimum atomic E-state index is 0.336. The van der Waals surface area contributed by atoms with E-state index in [9.17, 15) is 0 Å². The van der Waals surface area contributed by atoms with E-state index in [-0.39, 0.29) is 0 Å². The van der Waals surface area contributed by atoms with Crippen molar-refractivity contribution in [1.29, 1.82) is 0 Å². The average molecular weight is 262 g/mol. The minimum Gasteiger partial charge on any atom is -0.380 e. The molecule has 106 valence electrons. The lowest BCUT2D eigenvalue weighted by Gasteiger charge is -2.34. The molecule has 1 fully saturated rings. The maximum atomic E-state index is 5.99. The van der Waals surface area contributed by atoms with E-state index in [2.05, 4.69) is 36.1 Å². The highest BCUT2D eigenvalue weighted by atomic mass is 16.5. The summed E-state index contributed by atoms with van der Waals surface area (Å²) in [6, 6.07) is 8.91. The molecule has 19 heavy (non-hydrogen) atoms. The second kappa shape index (κ2) is 7.04. The van der Waals surface area contributed by atoms with Crippen LogP contribution < -0.4 is 5.73 Å². The third kappa shape index (κ3) is 4.03. The molecular formula is C16H26N2O. The molecule has 0 bridgehead atoms. The van der Waals surface area contributed by atoms with E-state index in [0.717, 1.165) is 19.6 Å². The molecule has 3 heteroatoms. The normalized spacial score (nSPS) is 19.5. The minimum absolute atomic E-state index is 0.336. The largest absolute Gasteiger partial charge is 0.380 e. The first-order valence-electron chi connectivity index (χ1n) is 7.24. The van der Waals surface area contributed by atoms with Crippen LogP contribution >= 0.6 is 0 Å². The van der Waals surface area contributed by atoms with Crippen molar-refractivity contribution in [3.05, 3.63) is 35.4 Å². The monoisotopic (exact) mass is 262 g/mol. The number of ether oxygens (including phenoxy) is 1. The molecule has 1 heterocycles. The van der Waals surface area contributed by atoms with Crippen LogP contribution in [0, 0.1) is 5.92 Å². The lowest BCUT2D eigenvalue weighted by Crippen LogP contribution is -2.39. The van der Waals surface area contributed by atoms with Gasteiger partial charge in [0.15, 0.2) is 0 Å². The zero-order chi connectivity index (χ0) is 13.7. The molecule has 1 saturated heterocycles. The Bertz CT molecular complexity index is 384. The first-order valence-corrected chi connectivity index (χ1v) is 7.24. The van der Waals surface area contributed by atoms with E-state index in [0.29, 0.717) is 18.6 Å². The number of piperidine rings is 1. The second-order valence-corrected chi connectivity index (χ2v) is 5.67. The smallest absolute Gasteiger partial charge is 0.0716 e. The van der Waals surface area contributed by atoms with Gasteiger partial charge in [-0.2, -0.15) is 0 Å². The van der Waals surface area contributed by atoms with Crippen LogP contribution in [0.15, 0.2) is 24.3 Å². The molecule has 0 aromatic heterocycles. The zero-order valence-corrected chi connectivity index (χ0v) is 12.1. The number of methoxy groups -OCH3 is 1.